The summed E-state index contributed by atoms with van der Waals surface area (Å²) in [5.74, 6) is -1.75. The zero-order valence-electron chi connectivity index (χ0n) is 11.9. The fraction of sp³-hybridized carbons (Fsp3) is 0. The van der Waals surface area contributed by atoms with Crippen molar-refractivity contribution in [3.8, 4) is 11.5 Å². The summed E-state index contributed by atoms with van der Waals surface area (Å²) in [6.07, 6.45) is 1.16. The number of Topliss-reactive ketones (excluding diaryl/α,β-unsaturated/α-hetero) is 1. The summed E-state index contributed by atoms with van der Waals surface area (Å²) in [4.78, 5) is 24.7. The van der Waals surface area contributed by atoms with Gasteiger partial charge in [-0.2, -0.15) is 0 Å². The molecule has 5 heteroatoms. The Morgan fingerprint density at radius 3 is 1.65 bits per heavy atom. The molecular weight excluding hydrogens is 296 g/mol. The van der Waals surface area contributed by atoms with Crippen molar-refractivity contribution in [3.05, 3.63) is 71.5 Å². The Hall–Kier alpha value is -3.34. The predicted octanol–water partition coefficient (Wildman–Crippen LogP) is 2.60. The largest absolute Gasteiger partial charge is 0.508 e. The van der Waals surface area contributed by atoms with E-state index in [1.165, 1.54) is 48.5 Å². The molecule has 114 valence electrons. The van der Waals surface area contributed by atoms with Crippen LogP contribution < -0.4 is 0 Å². The Morgan fingerprint density at radius 2 is 1.13 bits per heavy atom. The van der Waals surface area contributed by atoms with Crippen LogP contribution in [0.4, 0.5) is 0 Å². The van der Waals surface area contributed by atoms with Crippen LogP contribution in [0.5, 0.6) is 11.5 Å². The van der Waals surface area contributed by atoms with E-state index in [4.69, 9.17) is 0 Å². The van der Waals surface area contributed by atoms with E-state index in [1.54, 1.807) is 0 Å². The van der Waals surface area contributed by atoms with Crippen molar-refractivity contribution in [1.29, 1.82) is 0 Å². The standard InChI is InChI=1S/C18H12O5/c19-12-5-1-10(2-6-12)14-9-15(21)16(18(23)17(14)22)11-3-7-13(20)8-4-11/h1-9,19-20,23H. The van der Waals surface area contributed by atoms with Crippen molar-refractivity contribution in [2.24, 2.45) is 0 Å². The van der Waals surface area contributed by atoms with Gasteiger partial charge in [0.05, 0.1) is 5.57 Å². The number of allylic oxidation sites excluding steroid dienone is 3. The minimum Gasteiger partial charge on any atom is -0.508 e. The van der Waals surface area contributed by atoms with E-state index in [-0.39, 0.29) is 22.6 Å². The molecule has 3 N–H and O–H groups in total. The van der Waals surface area contributed by atoms with E-state index in [2.05, 4.69) is 0 Å². The molecule has 0 saturated carbocycles. The highest BCUT2D eigenvalue weighted by atomic mass is 16.3. The summed E-state index contributed by atoms with van der Waals surface area (Å²) in [5, 5.41) is 28.8. The number of benzene rings is 2. The summed E-state index contributed by atoms with van der Waals surface area (Å²) in [7, 11) is 0. The summed E-state index contributed by atoms with van der Waals surface area (Å²) in [6.45, 7) is 0. The number of hydrogen-bond donors (Lipinski definition) is 3. The molecule has 0 spiro atoms. The van der Waals surface area contributed by atoms with Crippen LogP contribution in [0.25, 0.3) is 11.1 Å². The second-order valence-corrected chi connectivity index (χ2v) is 5.07. The normalized spacial score (nSPS) is 14.9. The van der Waals surface area contributed by atoms with Gasteiger partial charge in [-0.05, 0) is 41.5 Å². The topological polar surface area (TPSA) is 94.8 Å². The lowest BCUT2D eigenvalue weighted by molar-refractivity contribution is -0.115. The van der Waals surface area contributed by atoms with Crippen molar-refractivity contribution in [3.63, 3.8) is 0 Å². The van der Waals surface area contributed by atoms with Gasteiger partial charge in [0.2, 0.25) is 5.78 Å². The highest BCUT2D eigenvalue weighted by molar-refractivity contribution is 6.45. The molecular formula is C18H12O5. The molecule has 0 aliphatic heterocycles. The number of carbonyl (C=O) groups is 2. The molecule has 2 aromatic carbocycles. The van der Waals surface area contributed by atoms with Gasteiger partial charge in [0, 0.05) is 5.57 Å². The van der Waals surface area contributed by atoms with Gasteiger partial charge in [-0.15, -0.1) is 0 Å². The summed E-state index contributed by atoms with van der Waals surface area (Å²) >= 11 is 0. The number of ketones is 2. The zero-order valence-corrected chi connectivity index (χ0v) is 11.9. The van der Waals surface area contributed by atoms with E-state index < -0.39 is 17.3 Å². The minimum atomic E-state index is -0.668. The van der Waals surface area contributed by atoms with Crippen LogP contribution >= 0.6 is 0 Å². The molecule has 3 rings (SSSR count). The van der Waals surface area contributed by atoms with Gasteiger partial charge in [-0.25, -0.2) is 0 Å². The highest BCUT2D eigenvalue weighted by Gasteiger charge is 2.30. The van der Waals surface area contributed by atoms with Gasteiger partial charge in [0.15, 0.2) is 11.5 Å². The summed E-state index contributed by atoms with van der Waals surface area (Å²) < 4.78 is 0. The first kappa shape index (κ1) is 14.6. The molecule has 0 amide bonds. The van der Waals surface area contributed by atoms with Gasteiger partial charge in [-0.1, -0.05) is 24.3 Å². The van der Waals surface area contributed by atoms with Crippen LogP contribution in [-0.2, 0) is 9.59 Å². The molecule has 0 atom stereocenters. The molecule has 5 nitrogen and oxygen atoms in total. The lowest BCUT2D eigenvalue weighted by atomic mass is 9.87. The van der Waals surface area contributed by atoms with Gasteiger partial charge in [0.25, 0.3) is 0 Å². The maximum absolute atomic E-state index is 12.4. The lowest BCUT2D eigenvalue weighted by Crippen LogP contribution is -2.17. The number of rotatable bonds is 2. The number of hydrogen-bond acceptors (Lipinski definition) is 5. The maximum atomic E-state index is 12.4. The second-order valence-electron chi connectivity index (χ2n) is 5.07. The molecule has 0 fully saturated rings. The molecule has 0 radical (unpaired) electrons. The lowest BCUT2D eigenvalue weighted by Gasteiger charge is -2.16. The first-order chi connectivity index (χ1) is 11.0. The van der Waals surface area contributed by atoms with Crippen molar-refractivity contribution in [2.45, 2.75) is 0 Å². The minimum absolute atomic E-state index is 0.0174. The monoisotopic (exact) mass is 308 g/mol. The maximum Gasteiger partial charge on any atom is 0.228 e. The van der Waals surface area contributed by atoms with Crippen LogP contribution in [0.3, 0.4) is 0 Å². The first-order valence-electron chi connectivity index (χ1n) is 6.80. The third-order valence-electron chi connectivity index (χ3n) is 3.55. The molecule has 1 aliphatic rings. The number of aromatic hydroxyl groups is 2. The molecule has 0 saturated heterocycles. The van der Waals surface area contributed by atoms with Gasteiger partial charge < -0.3 is 15.3 Å². The van der Waals surface area contributed by atoms with E-state index in [9.17, 15) is 24.9 Å². The summed E-state index contributed by atoms with van der Waals surface area (Å²) in [5.41, 5.74) is 0.740. The van der Waals surface area contributed by atoms with Crippen molar-refractivity contribution in [2.75, 3.05) is 0 Å². The van der Waals surface area contributed by atoms with Gasteiger partial charge >= 0.3 is 0 Å². The first-order valence-corrected chi connectivity index (χ1v) is 6.80. The van der Waals surface area contributed by atoms with Crippen LogP contribution in [0.1, 0.15) is 11.1 Å². The fourth-order valence-corrected chi connectivity index (χ4v) is 2.39. The van der Waals surface area contributed by atoms with Crippen molar-refractivity contribution < 1.29 is 24.9 Å². The third-order valence-corrected chi connectivity index (χ3v) is 3.55. The van der Waals surface area contributed by atoms with Crippen LogP contribution in [0.2, 0.25) is 0 Å². The quantitative estimate of drug-likeness (QED) is 0.741. The zero-order chi connectivity index (χ0) is 16.6. The average molecular weight is 308 g/mol. The molecule has 0 heterocycles. The van der Waals surface area contributed by atoms with Crippen LogP contribution in [-0.4, -0.2) is 26.9 Å². The Morgan fingerprint density at radius 1 is 0.652 bits per heavy atom. The molecule has 23 heavy (non-hydrogen) atoms. The predicted molar refractivity (Wildman–Crippen MR) is 83.8 cm³/mol. The highest BCUT2D eigenvalue weighted by Crippen LogP contribution is 2.31. The Labute approximate surface area is 131 Å². The second kappa shape index (κ2) is 5.46. The van der Waals surface area contributed by atoms with E-state index in [0.29, 0.717) is 11.1 Å². The van der Waals surface area contributed by atoms with Gasteiger partial charge in [-0.3, -0.25) is 9.59 Å². The van der Waals surface area contributed by atoms with Crippen molar-refractivity contribution >= 4 is 22.7 Å². The Kier molecular flexibility index (Phi) is 3.46. The fourth-order valence-electron chi connectivity index (χ4n) is 2.39. The average Bonchev–Trinajstić information content (AvgIpc) is 2.54. The van der Waals surface area contributed by atoms with Crippen molar-refractivity contribution in [1.82, 2.24) is 0 Å². The SMILES string of the molecule is O=C1C=C(c2ccc(O)cc2)C(=O)C(O)=C1c1ccc(O)cc1. The molecule has 2 aromatic rings. The van der Waals surface area contributed by atoms with E-state index in [1.807, 2.05) is 0 Å². The Balaban J connectivity index is 2.04. The molecule has 1 aliphatic carbocycles. The number of aliphatic hydroxyl groups excluding tert-OH is 1. The number of phenols is 2. The number of carbonyl (C=O) groups excluding carboxylic acids is 2. The molecule has 0 bridgehead atoms. The smallest absolute Gasteiger partial charge is 0.228 e. The molecule has 0 unspecified atom stereocenters. The molecule has 0 aromatic heterocycles. The number of phenolic OH excluding ortho intramolecular Hbond substituents is 2. The summed E-state index contributed by atoms with van der Waals surface area (Å²) in [6, 6.07) is 11.4. The Bertz CT molecular complexity index is 855. The van der Waals surface area contributed by atoms with Crippen LogP contribution in [0.15, 0.2) is 60.4 Å². The van der Waals surface area contributed by atoms with Crippen LogP contribution in [0, 0.1) is 0 Å². The number of aliphatic hydroxyl groups is 1. The van der Waals surface area contributed by atoms with E-state index in [0.717, 1.165) is 6.08 Å². The van der Waals surface area contributed by atoms with Gasteiger partial charge in [0.1, 0.15) is 11.5 Å². The third kappa shape index (κ3) is 2.60. The van der Waals surface area contributed by atoms with E-state index >= 15 is 0 Å².